The van der Waals surface area contributed by atoms with E-state index < -0.39 is 0 Å². The molecule has 1 heteroatoms. The molecule has 0 bridgehead atoms. The van der Waals surface area contributed by atoms with Gasteiger partial charge in [-0.15, -0.1) is 11.3 Å². The van der Waals surface area contributed by atoms with Gasteiger partial charge in [0.25, 0.3) is 0 Å². The van der Waals surface area contributed by atoms with E-state index in [1.807, 2.05) is 11.3 Å². The molecule has 8 aromatic rings. The summed E-state index contributed by atoms with van der Waals surface area (Å²) in [7, 11) is 0. The number of hydrogen-bond acceptors (Lipinski definition) is 1. The molecule has 0 saturated heterocycles. The van der Waals surface area contributed by atoms with Crippen LogP contribution in [0.5, 0.6) is 0 Å². The van der Waals surface area contributed by atoms with E-state index in [2.05, 4.69) is 109 Å². The lowest BCUT2D eigenvalue weighted by Gasteiger charge is -2.14. The largest absolute Gasteiger partial charge is 0.134 e. The number of hydrogen-bond donors (Lipinski definition) is 0. The van der Waals surface area contributed by atoms with Gasteiger partial charge in [0, 0.05) is 25.7 Å². The Bertz CT molecular complexity index is 2010. The summed E-state index contributed by atoms with van der Waals surface area (Å²) >= 11 is 1.93. The first-order valence-electron chi connectivity index (χ1n) is 11.4. The van der Waals surface area contributed by atoms with E-state index in [1.54, 1.807) is 0 Å². The van der Waals surface area contributed by atoms with E-state index in [4.69, 9.17) is 0 Å². The van der Waals surface area contributed by atoms with E-state index in [9.17, 15) is 0 Å². The van der Waals surface area contributed by atoms with Gasteiger partial charge >= 0.3 is 0 Å². The molecule has 0 spiro atoms. The molecule has 1 aromatic heterocycles. The summed E-state index contributed by atoms with van der Waals surface area (Å²) in [5, 5.41) is 13.4. The maximum Gasteiger partial charge on any atom is 0.0434 e. The molecule has 1 heterocycles. The molecule has 8 rings (SSSR count). The molecule has 0 saturated carbocycles. The van der Waals surface area contributed by atoms with Crippen LogP contribution in [0.3, 0.4) is 0 Å². The Morgan fingerprint density at radius 2 is 0.939 bits per heavy atom. The number of rotatable bonds is 1. The molecule has 0 aliphatic rings. The van der Waals surface area contributed by atoms with Gasteiger partial charge in [-0.25, -0.2) is 0 Å². The number of benzene rings is 7. The van der Waals surface area contributed by atoms with E-state index in [0.717, 1.165) is 0 Å². The Morgan fingerprint density at radius 3 is 1.85 bits per heavy atom. The van der Waals surface area contributed by atoms with Gasteiger partial charge in [0.05, 0.1) is 0 Å². The molecule has 0 aliphatic heterocycles. The van der Waals surface area contributed by atoms with Crippen LogP contribution in [0.1, 0.15) is 0 Å². The molecule has 0 amide bonds. The average Bonchev–Trinajstić information content (AvgIpc) is 3.27. The number of thiophene rings is 1. The van der Waals surface area contributed by atoms with Crippen LogP contribution < -0.4 is 0 Å². The second-order valence-corrected chi connectivity index (χ2v) is 9.94. The molecule has 152 valence electrons. The van der Waals surface area contributed by atoms with Crippen molar-refractivity contribution in [2.45, 2.75) is 0 Å². The minimum Gasteiger partial charge on any atom is -0.134 e. The smallest absolute Gasteiger partial charge is 0.0434 e. The third kappa shape index (κ3) is 2.30. The van der Waals surface area contributed by atoms with Gasteiger partial charge in [-0.05, 0) is 48.7 Å². The normalized spacial score (nSPS) is 12.2. The number of fused-ring (bicyclic) bond motifs is 5. The Balaban J connectivity index is 1.52. The van der Waals surface area contributed by atoms with Crippen molar-refractivity contribution in [2.24, 2.45) is 0 Å². The molecule has 0 atom stereocenters. The van der Waals surface area contributed by atoms with Crippen LogP contribution in [0, 0.1) is 0 Å². The SMILES string of the molecule is c1ccc2c(c1)ccc1c3cccc(-c4ccc5ccc6cccc7ccc4c5c67)c3sc21. The molecule has 0 fully saturated rings. The average molecular weight is 435 g/mol. The van der Waals surface area contributed by atoms with Gasteiger partial charge in [0.1, 0.15) is 0 Å². The Hall–Kier alpha value is -3.94. The van der Waals surface area contributed by atoms with E-state index in [-0.39, 0.29) is 0 Å². The first-order valence-corrected chi connectivity index (χ1v) is 12.2. The zero-order chi connectivity index (χ0) is 21.5. The highest BCUT2D eigenvalue weighted by Crippen LogP contribution is 2.45. The van der Waals surface area contributed by atoms with Crippen LogP contribution in [-0.2, 0) is 0 Å². The van der Waals surface area contributed by atoms with Gasteiger partial charge in [-0.2, -0.15) is 0 Å². The molecular formula is C32H18S. The summed E-state index contributed by atoms with van der Waals surface area (Å²) in [5.41, 5.74) is 2.65. The van der Waals surface area contributed by atoms with Crippen molar-refractivity contribution in [1.29, 1.82) is 0 Å². The quantitative estimate of drug-likeness (QED) is 0.226. The van der Waals surface area contributed by atoms with Gasteiger partial charge in [-0.3, -0.25) is 0 Å². The van der Waals surface area contributed by atoms with E-state index in [0.29, 0.717) is 0 Å². The predicted molar refractivity (Wildman–Crippen MR) is 146 cm³/mol. The van der Waals surface area contributed by atoms with Crippen LogP contribution in [0.15, 0.2) is 109 Å². The molecule has 7 aromatic carbocycles. The highest BCUT2D eigenvalue weighted by molar-refractivity contribution is 7.27. The van der Waals surface area contributed by atoms with Crippen LogP contribution in [0.4, 0.5) is 0 Å². The molecular weight excluding hydrogens is 416 g/mol. The van der Waals surface area contributed by atoms with E-state index in [1.165, 1.54) is 74.4 Å². The summed E-state index contributed by atoms with van der Waals surface area (Å²) in [6.45, 7) is 0. The molecule has 0 radical (unpaired) electrons. The van der Waals surface area contributed by atoms with E-state index >= 15 is 0 Å². The van der Waals surface area contributed by atoms with Crippen LogP contribution in [-0.4, -0.2) is 0 Å². The zero-order valence-electron chi connectivity index (χ0n) is 17.8. The minimum absolute atomic E-state index is 1.31. The lowest BCUT2D eigenvalue weighted by molar-refractivity contribution is 1.74. The summed E-state index contributed by atoms with van der Waals surface area (Å²) in [6, 6.07) is 40.4. The second kappa shape index (κ2) is 6.31. The first kappa shape index (κ1) is 17.6. The third-order valence-electron chi connectivity index (χ3n) is 7.21. The van der Waals surface area contributed by atoms with Crippen molar-refractivity contribution < 1.29 is 0 Å². The Kier molecular flexibility index (Phi) is 3.37. The molecule has 0 unspecified atom stereocenters. The summed E-state index contributed by atoms with van der Waals surface area (Å²) in [5.74, 6) is 0. The highest BCUT2D eigenvalue weighted by Gasteiger charge is 2.16. The predicted octanol–water partition coefficient (Wildman–Crippen LogP) is 9.77. The lowest BCUT2D eigenvalue weighted by atomic mass is 9.89. The highest BCUT2D eigenvalue weighted by atomic mass is 32.1. The minimum atomic E-state index is 1.31. The maximum atomic E-state index is 2.32. The zero-order valence-corrected chi connectivity index (χ0v) is 18.6. The Labute approximate surface area is 194 Å². The third-order valence-corrected chi connectivity index (χ3v) is 8.50. The van der Waals surface area contributed by atoms with Crippen molar-refractivity contribution in [2.75, 3.05) is 0 Å². The van der Waals surface area contributed by atoms with Crippen molar-refractivity contribution in [3.63, 3.8) is 0 Å². The van der Waals surface area contributed by atoms with Crippen LogP contribution >= 0.6 is 11.3 Å². The first-order chi connectivity index (χ1) is 16.4. The fourth-order valence-electron chi connectivity index (χ4n) is 5.71. The van der Waals surface area contributed by atoms with Crippen LogP contribution in [0.2, 0.25) is 0 Å². The van der Waals surface area contributed by atoms with Crippen molar-refractivity contribution in [3.05, 3.63) is 109 Å². The second-order valence-electron chi connectivity index (χ2n) is 8.92. The van der Waals surface area contributed by atoms with Gasteiger partial charge in [-0.1, -0.05) is 109 Å². The molecule has 33 heavy (non-hydrogen) atoms. The Morgan fingerprint density at radius 1 is 0.333 bits per heavy atom. The van der Waals surface area contributed by atoms with Crippen molar-refractivity contribution >= 4 is 74.6 Å². The molecule has 0 N–H and O–H groups in total. The van der Waals surface area contributed by atoms with Crippen molar-refractivity contribution in [1.82, 2.24) is 0 Å². The molecule has 0 nitrogen and oxygen atoms in total. The van der Waals surface area contributed by atoms with Crippen molar-refractivity contribution in [3.8, 4) is 11.1 Å². The van der Waals surface area contributed by atoms with Gasteiger partial charge < -0.3 is 0 Å². The fraction of sp³-hybridized carbons (Fsp3) is 0. The maximum absolute atomic E-state index is 2.32. The summed E-state index contributed by atoms with van der Waals surface area (Å²) in [4.78, 5) is 0. The summed E-state index contributed by atoms with van der Waals surface area (Å²) in [6.07, 6.45) is 0. The van der Waals surface area contributed by atoms with Gasteiger partial charge in [0.15, 0.2) is 0 Å². The van der Waals surface area contributed by atoms with Crippen LogP contribution in [0.25, 0.3) is 74.4 Å². The lowest BCUT2D eigenvalue weighted by Crippen LogP contribution is -1.87. The fourth-order valence-corrected chi connectivity index (χ4v) is 7.07. The monoisotopic (exact) mass is 434 g/mol. The molecule has 0 aliphatic carbocycles. The topological polar surface area (TPSA) is 0 Å². The summed E-state index contributed by atoms with van der Waals surface area (Å²) < 4.78 is 2.76. The van der Waals surface area contributed by atoms with Gasteiger partial charge in [0.2, 0.25) is 0 Å². The standard InChI is InChI=1S/C32H18S/c1-2-8-23-19(5-1)13-18-28-27-10-4-9-26(32(27)33-31(23)28)24-16-14-22-12-11-20-6-3-7-21-15-17-25(24)30(22)29(20)21/h1-18H.